The summed E-state index contributed by atoms with van der Waals surface area (Å²) in [5.41, 5.74) is 1.75. The smallest absolute Gasteiger partial charge is 0.352 e. The Morgan fingerprint density at radius 1 is 1.09 bits per heavy atom. The van der Waals surface area contributed by atoms with Crippen LogP contribution in [0.1, 0.15) is 40.3 Å². The molecule has 0 bridgehead atoms. The highest BCUT2D eigenvalue weighted by molar-refractivity contribution is 6.31. The predicted octanol–water partition coefficient (Wildman–Crippen LogP) is 4.20. The summed E-state index contributed by atoms with van der Waals surface area (Å²) in [6.07, 6.45) is -0.156. The van der Waals surface area contributed by atoms with Gasteiger partial charge in [-0.15, -0.1) is 0 Å². The Balaban J connectivity index is 1.64. The lowest BCUT2D eigenvalue weighted by atomic mass is 10.1. The number of carboxylic acid groups (broad SMARTS) is 1. The summed E-state index contributed by atoms with van der Waals surface area (Å²) in [7, 11) is 0. The first kappa shape index (κ1) is 24.3. The Hall–Kier alpha value is -3.36. The third kappa shape index (κ3) is 6.12. The van der Waals surface area contributed by atoms with Gasteiger partial charge in [0.15, 0.2) is 0 Å². The van der Waals surface area contributed by atoms with Gasteiger partial charge in [0.05, 0.1) is 12.0 Å². The molecule has 174 valence electrons. The van der Waals surface area contributed by atoms with Crippen LogP contribution in [0, 0.1) is 0 Å². The van der Waals surface area contributed by atoms with Crippen molar-refractivity contribution in [3.63, 3.8) is 0 Å². The molecule has 0 saturated carbocycles. The first-order valence-corrected chi connectivity index (χ1v) is 11.0. The van der Waals surface area contributed by atoms with Crippen LogP contribution in [-0.2, 0) is 16.0 Å². The van der Waals surface area contributed by atoms with Crippen molar-refractivity contribution in [3.05, 3.63) is 64.3 Å². The second-order valence-electron chi connectivity index (χ2n) is 7.44. The van der Waals surface area contributed by atoms with E-state index < -0.39 is 17.8 Å². The van der Waals surface area contributed by atoms with Crippen LogP contribution in [0.25, 0.3) is 10.9 Å². The number of ether oxygens (including phenoxy) is 1. The number of aromatic carboxylic acids is 1. The van der Waals surface area contributed by atoms with Gasteiger partial charge in [0.1, 0.15) is 12.3 Å². The second-order valence-corrected chi connectivity index (χ2v) is 7.88. The number of carboxylic acids is 1. The number of carbonyl (C=O) groups excluding carboxylic acids is 2. The lowest BCUT2D eigenvalue weighted by molar-refractivity contribution is -0.115. The van der Waals surface area contributed by atoms with E-state index in [-0.39, 0.29) is 12.1 Å². The number of aromatic amines is 1. The zero-order valence-corrected chi connectivity index (χ0v) is 19.2. The van der Waals surface area contributed by atoms with Crippen LogP contribution in [0.5, 0.6) is 0 Å². The van der Waals surface area contributed by atoms with Gasteiger partial charge in [0.2, 0.25) is 5.91 Å². The molecule has 3 aromatic rings. The molecule has 9 heteroatoms. The van der Waals surface area contributed by atoms with Gasteiger partial charge >= 0.3 is 11.9 Å². The quantitative estimate of drug-likeness (QED) is 0.382. The number of H-pyrrole nitrogens is 1. The summed E-state index contributed by atoms with van der Waals surface area (Å²) in [5.74, 6) is -1.98. The lowest BCUT2D eigenvalue weighted by Gasteiger charge is -2.17. The molecular weight excluding hydrogens is 446 g/mol. The van der Waals surface area contributed by atoms with Crippen LogP contribution in [0.2, 0.25) is 5.02 Å². The molecule has 2 aromatic carbocycles. The molecule has 33 heavy (non-hydrogen) atoms. The maximum atomic E-state index is 12.6. The van der Waals surface area contributed by atoms with Crippen molar-refractivity contribution in [1.29, 1.82) is 0 Å². The Labute approximate surface area is 196 Å². The molecule has 1 amide bonds. The highest BCUT2D eigenvalue weighted by atomic mass is 35.5. The molecule has 0 aliphatic carbocycles. The fourth-order valence-electron chi connectivity index (χ4n) is 3.53. The summed E-state index contributed by atoms with van der Waals surface area (Å²) in [6.45, 7) is 6.86. The van der Waals surface area contributed by atoms with E-state index in [0.29, 0.717) is 45.9 Å². The number of benzene rings is 2. The van der Waals surface area contributed by atoms with Crippen molar-refractivity contribution < 1.29 is 24.2 Å². The molecule has 0 unspecified atom stereocenters. The molecule has 0 saturated heterocycles. The van der Waals surface area contributed by atoms with Gasteiger partial charge in [0.25, 0.3) is 0 Å². The molecular formula is C24H26ClN3O5. The largest absolute Gasteiger partial charge is 0.477 e. The van der Waals surface area contributed by atoms with Crippen LogP contribution in [0.4, 0.5) is 5.69 Å². The Kier molecular flexibility index (Phi) is 8.08. The molecule has 1 heterocycles. The standard InChI is InChI=1S/C24H26ClN3O5/c1-3-28(4-2)11-12-33-24(32)15-5-8-17(9-6-15)26-21(29)14-19-18-13-16(25)7-10-20(18)27-22(19)23(30)31/h5-10,13,27H,3-4,11-12,14H2,1-2H3,(H,26,29)(H,30,31). The first-order valence-electron chi connectivity index (χ1n) is 10.6. The second kappa shape index (κ2) is 11.0. The molecule has 0 fully saturated rings. The van der Waals surface area contributed by atoms with Crippen LogP contribution < -0.4 is 5.32 Å². The van der Waals surface area contributed by atoms with E-state index in [1.807, 2.05) is 0 Å². The summed E-state index contributed by atoms with van der Waals surface area (Å²) in [4.78, 5) is 41.4. The minimum Gasteiger partial charge on any atom is -0.477 e. The molecule has 1 aromatic heterocycles. The Morgan fingerprint density at radius 2 is 1.79 bits per heavy atom. The van der Waals surface area contributed by atoms with Crippen LogP contribution >= 0.6 is 11.6 Å². The molecule has 0 atom stereocenters. The van der Waals surface area contributed by atoms with Crippen molar-refractivity contribution in [1.82, 2.24) is 9.88 Å². The number of hydrogen-bond acceptors (Lipinski definition) is 5. The number of nitrogens with zero attached hydrogens (tertiary/aromatic N) is 1. The fraction of sp³-hybridized carbons (Fsp3) is 0.292. The normalized spacial score (nSPS) is 11.0. The lowest BCUT2D eigenvalue weighted by Crippen LogP contribution is -2.27. The Bertz CT molecular complexity index is 1150. The topological polar surface area (TPSA) is 112 Å². The Morgan fingerprint density at radius 3 is 2.42 bits per heavy atom. The molecule has 0 aliphatic rings. The third-order valence-corrected chi connectivity index (χ3v) is 5.59. The zero-order chi connectivity index (χ0) is 24.0. The summed E-state index contributed by atoms with van der Waals surface area (Å²) < 4.78 is 5.30. The van der Waals surface area contributed by atoms with Gasteiger partial charge in [0, 0.05) is 33.7 Å². The number of amides is 1. The zero-order valence-electron chi connectivity index (χ0n) is 18.5. The van der Waals surface area contributed by atoms with E-state index in [2.05, 4.69) is 29.0 Å². The first-order chi connectivity index (χ1) is 15.8. The number of carbonyl (C=O) groups is 3. The van der Waals surface area contributed by atoms with Gasteiger partial charge in [-0.25, -0.2) is 9.59 Å². The molecule has 3 rings (SSSR count). The monoisotopic (exact) mass is 471 g/mol. The average molecular weight is 472 g/mol. The minimum absolute atomic E-state index is 0.0507. The average Bonchev–Trinajstić information content (AvgIpc) is 3.14. The molecule has 0 aliphatic heterocycles. The predicted molar refractivity (Wildman–Crippen MR) is 127 cm³/mol. The number of likely N-dealkylation sites (N-methyl/N-ethyl adjacent to an activating group) is 1. The minimum atomic E-state index is -1.16. The number of fused-ring (bicyclic) bond motifs is 1. The molecule has 0 radical (unpaired) electrons. The molecule has 0 spiro atoms. The SMILES string of the molecule is CCN(CC)CCOC(=O)c1ccc(NC(=O)Cc2c(C(=O)O)[nH]c3ccc(Cl)cc23)cc1. The molecule has 8 nitrogen and oxygen atoms in total. The maximum Gasteiger partial charge on any atom is 0.352 e. The van der Waals surface area contributed by atoms with Gasteiger partial charge in [-0.2, -0.15) is 0 Å². The number of hydrogen-bond donors (Lipinski definition) is 3. The number of anilines is 1. The molecule has 3 N–H and O–H groups in total. The number of halogens is 1. The van der Waals surface area contributed by atoms with E-state index in [4.69, 9.17) is 16.3 Å². The number of aromatic nitrogens is 1. The number of nitrogens with one attached hydrogen (secondary N) is 2. The van der Waals surface area contributed by atoms with E-state index >= 15 is 0 Å². The van der Waals surface area contributed by atoms with Gasteiger partial charge in [-0.3, -0.25) is 4.79 Å². The maximum absolute atomic E-state index is 12.6. The third-order valence-electron chi connectivity index (χ3n) is 5.36. The van der Waals surface area contributed by atoms with Gasteiger partial charge < -0.3 is 25.0 Å². The highest BCUT2D eigenvalue weighted by Gasteiger charge is 2.20. The van der Waals surface area contributed by atoms with Crippen molar-refractivity contribution in [3.8, 4) is 0 Å². The van der Waals surface area contributed by atoms with Gasteiger partial charge in [-0.1, -0.05) is 25.4 Å². The summed E-state index contributed by atoms with van der Waals surface area (Å²) in [5, 5.41) is 13.3. The summed E-state index contributed by atoms with van der Waals surface area (Å²) in [6, 6.07) is 11.3. The highest BCUT2D eigenvalue weighted by Crippen LogP contribution is 2.26. The van der Waals surface area contributed by atoms with Crippen LogP contribution in [-0.4, -0.2) is 59.1 Å². The van der Waals surface area contributed by atoms with E-state index in [9.17, 15) is 19.5 Å². The van der Waals surface area contributed by atoms with E-state index in [1.165, 1.54) is 0 Å². The van der Waals surface area contributed by atoms with Crippen molar-refractivity contribution >= 4 is 46.0 Å². The van der Waals surface area contributed by atoms with Crippen molar-refractivity contribution in [2.45, 2.75) is 20.3 Å². The fourth-order valence-corrected chi connectivity index (χ4v) is 3.70. The van der Waals surface area contributed by atoms with Crippen molar-refractivity contribution in [2.75, 3.05) is 31.6 Å². The number of rotatable bonds is 10. The van der Waals surface area contributed by atoms with E-state index in [0.717, 1.165) is 13.1 Å². The number of esters is 1. The van der Waals surface area contributed by atoms with Crippen LogP contribution in [0.15, 0.2) is 42.5 Å². The van der Waals surface area contributed by atoms with E-state index in [1.54, 1.807) is 42.5 Å². The van der Waals surface area contributed by atoms with Crippen LogP contribution in [0.3, 0.4) is 0 Å². The van der Waals surface area contributed by atoms with Crippen molar-refractivity contribution in [2.24, 2.45) is 0 Å². The summed E-state index contributed by atoms with van der Waals surface area (Å²) >= 11 is 6.05. The van der Waals surface area contributed by atoms with Gasteiger partial charge in [-0.05, 0) is 55.6 Å².